The summed E-state index contributed by atoms with van der Waals surface area (Å²) in [6, 6.07) is 4.93. The molecule has 0 heterocycles. The van der Waals surface area contributed by atoms with Gasteiger partial charge in [0.1, 0.15) is 0 Å². The zero-order valence-electron chi connectivity index (χ0n) is 10.8. The molecule has 0 radical (unpaired) electrons. The standard InChI is InChI=1S/C13H18Cl2N2OS/c1-19-5-3-12(16)13(18)17-4-2-9-6-10(14)8-11(15)7-9/h6-8,12H,2-5,16H2,1H3,(H,17,18)/t12-/m0/s1. The maximum atomic E-state index is 11.7. The molecule has 0 saturated carbocycles. The fraction of sp³-hybridized carbons (Fsp3) is 0.462. The van der Waals surface area contributed by atoms with Crippen molar-refractivity contribution in [3.63, 3.8) is 0 Å². The van der Waals surface area contributed by atoms with Crippen LogP contribution in [0.3, 0.4) is 0 Å². The highest BCUT2D eigenvalue weighted by Gasteiger charge is 2.11. The summed E-state index contributed by atoms with van der Waals surface area (Å²) in [6.45, 7) is 0.530. The molecule has 3 N–H and O–H groups in total. The van der Waals surface area contributed by atoms with E-state index >= 15 is 0 Å². The lowest BCUT2D eigenvalue weighted by molar-refractivity contribution is -0.122. The van der Waals surface area contributed by atoms with Crippen molar-refractivity contribution in [3.8, 4) is 0 Å². The third-order valence-corrected chi connectivity index (χ3v) is 3.69. The number of thioether (sulfide) groups is 1. The molecule has 6 heteroatoms. The van der Waals surface area contributed by atoms with Gasteiger partial charge in [-0.2, -0.15) is 11.8 Å². The van der Waals surface area contributed by atoms with Crippen molar-refractivity contribution >= 4 is 40.9 Å². The summed E-state index contributed by atoms with van der Waals surface area (Å²) in [5.41, 5.74) is 6.76. The predicted molar refractivity (Wildman–Crippen MR) is 84.2 cm³/mol. The Bertz CT molecular complexity index is 409. The van der Waals surface area contributed by atoms with E-state index in [-0.39, 0.29) is 5.91 Å². The first-order valence-corrected chi connectivity index (χ1v) is 8.15. The second-order valence-corrected chi connectivity index (χ2v) is 6.07. The largest absolute Gasteiger partial charge is 0.354 e. The molecule has 0 aliphatic carbocycles. The first-order chi connectivity index (χ1) is 9.02. The molecule has 0 fully saturated rings. The van der Waals surface area contributed by atoms with Crippen LogP contribution in [-0.4, -0.2) is 30.5 Å². The lowest BCUT2D eigenvalue weighted by atomic mass is 10.1. The maximum Gasteiger partial charge on any atom is 0.236 e. The van der Waals surface area contributed by atoms with Gasteiger partial charge in [0.15, 0.2) is 0 Å². The second kappa shape index (κ2) is 8.69. The smallest absolute Gasteiger partial charge is 0.236 e. The van der Waals surface area contributed by atoms with Crippen molar-refractivity contribution in [2.75, 3.05) is 18.6 Å². The molecule has 1 atom stereocenters. The highest BCUT2D eigenvalue weighted by Crippen LogP contribution is 2.19. The van der Waals surface area contributed by atoms with Gasteiger partial charge >= 0.3 is 0 Å². The summed E-state index contributed by atoms with van der Waals surface area (Å²) in [5, 5.41) is 4.02. The van der Waals surface area contributed by atoms with Gasteiger partial charge in [-0.25, -0.2) is 0 Å². The minimum absolute atomic E-state index is 0.109. The number of halogens is 2. The highest BCUT2D eigenvalue weighted by atomic mass is 35.5. The summed E-state index contributed by atoms with van der Waals surface area (Å²) in [4.78, 5) is 11.7. The molecule has 0 aromatic heterocycles. The quantitative estimate of drug-likeness (QED) is 0.812. The van der Waals surface area contributed by atoms with Crippen molar-refractivity contribution in [1.82, 2.24) is 5.32 Å². The van der Waals surface area contributed by atoms with E-state index in [1.54, 1.807) is 17.8 Å². The number of amides is 1. The Morgan fingerprint density at radius 1 is 1.37 bits per heavy atom. The van der Waals surface area contributed by atoms with Crippen LogP contribution >= 0.6 is 35.0 Å². The van der Waals surface area contributed by atoms with Gasteiger partial charge in [0.2, 0.25) is 5.91 Å². The van der Waals surface area contributed by atoms with Gasteiger partial charge in [-0.1, -0.05) is 23.2 Å². The molecule has 3 nitrogen and oxygen atoms in total. The van der Waals surface area contributed by atoms with Gasteiger partial charge in [-0.3, -0.25) is 4.79 Å². The van der Waals surface area contributed by atoms with Crippen LogP contribution in [0.1, 0.15) is 12.0 Å². The molecule has 0 aliphatic heterocycles. The van der Waals surface area contributed by atoms with E-state index in [2.05, 4.69) is 5.32 Å². The van der Waals surface area contributed by atoms with Gasteiger partial charge in [0.25, 0.3) is 0 Å². The van der Waals surface area contributed by atoms with E-state index in [0.717, 1.165) is 11.3 Å². The van der Waals surface area contributed by atoms with E-state index in [1.807, 2.05) is 18.4 Å². The summed E-state index contributed by atoms with van der Waals surface area (Å²) in [5.74, 6) is 0.778. The molecule has 1 aromatic carbocycles. The van der Waals surface area contributed by atoms with Gasteiger partial charge < -0.3 is 11.1 Å². The molecule has 19 heavy (non-hydrogen) atoms. The zero-order chi connectivity index (χ0) is 14.3. The first kappa shape index (κ1) is 16.6. The van der Waals surface area contributed by atoms with Crippen LogP contribution in [0.5, 0.6) is 0 Å². The Morgan fingerprint density at radius 2 is 2.00 bits per heavy atom. The van der Waals surface area contributed by atoms with Gasteiger partial charge in [0, 0.05) is 16.6 Å². The van der Waals surface area contributed by atoms with Crippen LogP contribution < -0.4 is 11.1 Å². The molecule has 1 rings (SSSR count). The van der Waals surface area contributed by atoms with Crippen molar-refractivity contribution < 1.29 is 4.79 Å². The monoisotopic (exact) mass is 320 g/mol. The van der Waals surface area contributed by atoms with Crippen LogP contribution in [0.4, 0.5) is 0 Å². The van der Waals surface area contributed by atoms with Crippen molar-refractivity contribution in [2.24, 2.45) is 5.73 Å². The van der Waals surface area contributed by atoms with Crippen LogP contribution in [0, 0.1) is 0 Å². The molecule has 106 valence electrons. The first-order valence-electron chi connectivity index (χ1n) is 6.00. The zero-order valence-corrected chi connectivity index (χ0v) is 13.1. The Labute approximate surface area is 128 Å². The van der Waals surface area contributed by atoms with Crippen LogP contribution in [0.15, 0.2) is 18.2 Å². The Balaban J connectivity index is 2.35. The summed E-state index contributed by atoms with van der Waals surface area (Å²) in [7, 11) is 0. The van der Waals surface area contributed by atoms with E-state index < -0.39 is 6.04 Å². The molecule has 0 bridgehead atoms. The minimum Gasteiger partial charge on any atom is -0.354 e. The molecule has 0 aliphatic rings. The number of hydrogen-bond donors (Lipinski definition) is 2. The Morgan fingerprint density at radius 3 is 2.58 bits per heavy atom. The van der Waals surface area contributed by atoms with Crippen LogP contribution in [0.25, 0.3) is 0 Å². The van der Waals surface area contributed by atoms with Crippen molar-refractivity contribution in [3.05, 3.63) is 33.8 Å². The van der Waals surface area contributed by atoms with Crippen molar-refractivity contribution in [2.45, 2.75) is 18.9 Å². The summed E-state index contributed by atoms with van der Waals surface area (Å²) < 4.78 is 0. The SMILES string of the molecule is CSCC[C@H](N)C(=O)NCCc1cc(Cl)cc(Cl)c1. The highest BCUT2D eigenvalue weighted by molar-refractivity contribution is 7.98. The molecular weight excluding hydrogens is 303 g/mol. The number of hydrogen-bond acceptors (Lipinski definition) is 3. The van der Waals surface area contributed by atoms with Crippen LogP contribution in [-0.2, 0) is 11.2 Å². The summed E-state index contributed by atoms with van der Waals surface area (Å²) >= 11 is 13.5. The molecule has 0 saturated heterocycles. The fourth-order valence-corrected chi connectivity index (χ4v) is 2.65. The van der Waals surface area contributed by atoms with Crippen molar-refractivity contribution in [1.29, 1.82) is 0 Å². The summed E-state index contributed by atoms with van der Waals surface area (Å²) in [6.07, 6.45) is 3.37. The van der Waals surface area contributed by atoms with E-state index in [9.17, 15) is 4.79 Å². The molecule has 0 unspecified atom stereocenters. The van der Waals surface area contributed by atoms with Crippen LogP contribution in [0.2, 0.25) is 10.0 Å². The number of rotatable bonds is 7. The molecule has 0 spiro atoms. The maximum absolute atomic E-state index is 11.7. The predicted octanol–water partition coefficient (Wildman–Crippen LogP) is 2.73. The Kier molecular flexibility index (Phi) is 7.61. The average Bonchev–Trinajstić information content (AvgIpc) is 2.34. The van der Waals surface area contributed by atoms with Gasteiger partial charge in [0.05, 0.1) is 6.04 Å². The third kappa shape index (κ3) is 6.52. The third-order valence-electron chi connectivity index (χ3n) is 2.60. The molecule has 1 amide bonds. The van der Waals surface area contributed by atoms with E-state index in [4.69, 9.17) is 28.9 Å². The number of nitrogens with two attached hydrogens (primary N) is 1. The molecule has 1 aromatic rings. The Hall–Kier alpha value is -0.420. The second-order valence-electron chi connectivity index (χ2n) is 4.21. The lowest BCUT2D eigenvalue weighted by Gasteiger charge is -2.11. The topological polar surface area (TPSA) is 55.1 Å². The number of carbonyl (C=O) groups is 1. The average molecular weight is 321 g/mol. The number of benzene rings is 1. The van der Waals surface area contributed by atoms with Gasteiger partial charge in [-0.15, -0.1) is 0 Å². The van der Waals surface area contributed by atoms with E-state index in [0.29, 0.717) is 29.4 Å². The van der Waals surface area contributed by atoms with Gasteiger partial charge in [-0.05, 0) is 48.6 Å². The van der Waals surface area contributed by atoms with E-state index in [1.165, 1.54) is 0 Å². The minimum atomic E-state index is -0.435. The number of carbonyl (C=O) groups excluding carboxylic acids is 1. The fourth-order valence-electron chi connectivity index (χ4n) is 1.59. The lowest BCUT2D eigenvalue weighted by Crippen LogP contribution is -2.41. The number of nitrogens with one attached hydrogen (secondary N) is 1. The normalized spacial score (nSPS) is 12.2. The molecular formula is C13H18Cl2N2OS.